The molecule has 0 aromatic heterocycles. The lowest BCUT2D eigenvalue weighted by molar-refractivity contribution is 0.0544. The Balaban J connectivity index is 1.97. The van der Waals surface area contributed by atoms with E-state index in [1.54, 1.807) is 0 Å². The van der Waals surface area contributed by atoms with Gasteiger partial charge in [0.05, 0.1) is 0 Å². The first-order chi connectivity index (χ1) is 7.68. The van der Waals surface area contributed by atoms with E-state index in [2.05, 4.69) is 18.9 Å². The first-order valence-electron chi connectivity index (χ1n) is 7.11. The van der Waals surface area contributed by atoms with Crippen LogP contribution in [0.4, 0.5) is 0 Å². The van der Waals surface area contributed by atoms with Crippen molar-refractivity contribution >= 4 is 0 Å². The Bertz CT molecular complexity index is 213. The van der Waals surface area contributed by atoms with E-state index in [4.69, 9.17) is 5.73 Å². The van der Waals surface area contributed by atoms with Gasteiger partial charge in [-0.1, -0.05) is 19.8 Å². The van der Waals surface area contributed by atoms with Crippen LogP contribution in [-0.4, -0.2) is 30.1 Å². The van der Waals surface area contributed by atoms with Crippen molar-refractivity contribution in [1.29, 1.82) is 0 Å². The predicted octanol–water partition coefficient (Wildman–Crippen LogP) is 2.77. The summed E-state index contributed by atoms with van der Waals surface area (Å²) in [6.07, 6.45) is 11.0. The molecule has 0 saturated heterocycles. The summed E-state index contributed by atoms with van der Waals surface area (Å²) in [5.41, 5.74) is 6.41. The molecule has 0 amide bonds. The average Bonchev–Trinajstić information content (AvgIpc) is 2.79. The molecule has 2 fully saturated rings. The molecular weight excluding hydrogens is 196 g/mol. The van der Waals surface area contributed by atoms with Crippen LogP contribution in [0.5, 0.6) is 0 Å². The summed E-state index contributed by atoms with van der Waals surface area (Å²) in [4.78, 5) is 2.66. The number of rotatable bonds is 3. The van der Waals surface area contributed by atoms with Crippen molar-refractivity contribution in [3.63, 3.8) is 0 Å². The van der Waals surface area contributed by atoms with E-state index in [1.165, 1.54) is 51.4 Å². The lowest BCUT2D eigenvalue weighted by Gasteiger charge is -2.45. The number of nitrogens with zero attached hydrogens (tertiary/aromatic N) is 1. The van der Waals surface area contributed by atoms with Crippen molar-refractivity contribution in [2.45, 2.75) is 69.9 Å². The van der Waals surface area contributed by atoms with Gasteiger partial charge < -0.3 is 5.73 Å². The molecule has 0 unspecified atom stereocenters. The van der Waals surface area contributed by atoms with E-state index >= 15 is 0 Å². The molecule has 0 radical (unpaired) electrons. The molecule has 16 heavy (non-hydrogen) atoms. The maximum absolute atomic E-state index is 6.06. The SMILES string of the molecule is CC1CCC(N(C)C2(CN)CCCC2)CC1. The number of hydrogen-bond acceptors (Lipinski definition) is 2. The van der Waals surface area contributed by atoms with Crippen molar-refractivity contribution in [3.05, 3.63) is 0 Å². The first kappa shape index (κ1) is 12.4. The fraction of sp³-hybridized carbons (Fsp3) is 1.00. The molecular formula is C14H28N2. The Morgan fingerprint density at radius 3 is 2.19 bits per heavy atom. The van der Waals surface area contributed by atoms with Gasteiger partial charge >= 0.3 is 0 Å². The highest BCUT2D eigenvalue weighted by atomic mass is 15.2. The summed E-state index contributed by atoms with van der Waals surface area (Å²) in [7, 11) is 2.33. The smallest absolute Gasteiger partial charge is 0.0331 e. The third-order valence-electron chi connectivity index (χ3n) is 5.20. The van der Waals surface area contributed by atoms with E-state index in [1.807, 2.05) is 0 Å². The highest BCUT2D eigenvalue weighted by Crippen LogP contribution is 2.38. The largest absolute Gasteiger partial charge is 0.329 e. The van der Waals surface area contributed by atoms with Gasteiger partial charge in [0, 0.05) is 18.1 Å². The van der Waals surface area contributed by atoms with Gasteiger partial charge in [0.1, 0.15) is 0 Å². The maximum atomic E-state index is 6.06. The molecule has 2 N–H and O–H groups in total. The number of likely N-dealkylation sites (N-methyl/N-ethyl adjacent to an activating group) is 1. The van der Waals surface area contributed by atoms with Gasteiger partial charge in [-0.05, 0) is 51.5 Å². The topological polar surface area (TPSA) is 29.3 Å². The van der Waals surface area contributed by atoms with Crippen LogP contribution in [0.3, 0.4) is 0 Å². The summed E-state index contributed by atoms with van der Waals surface area (Å²) in [5, 5.41) is 0. The molecule has 2 heteroatoms. The Morgan fingerprint density at radius 2 is 1.69 bits per heavy atom. The predicted molar refractivity (Wildman–Crippen MR) is 69.4 cm³/mol. The van der Waals surface area contributed by atoms with Gasteiger partial charge in [-0.25, -0.2) is 0 Å². The Morgan fingerprint density at radius 1 is 1.12 bits per heavy atom. The van der Waals surface area contributed by atoms with Gasteiger partial charge in [-0.2, -0.15) is 0 Å². The lowest BCUT2D eigenvalue weighted by atomic mass is 9.83. The molecule has 0 atom stereocenters. The van der Waals surface area contributed by atoms with Crippen molar-refractivity contribution < 1.29 is 0 Å². The normalized spacial score (nSPS) is 34.5. The van der Waals surface area contributed by atoms with Crippen LogP contribution in [0.25, 0.3) is 0 Å². The Hall–Kier alpha value is -0.0800. The second-order valence-corrected chi connectivity index (χ2v) is 6.16. The highest BCUT2D eigenvalue weighted by Gasteiger charge is 2.39. The van der Waals surface area contributed by atoms with Crippen molar-refractivity contribution in [3.8, 4) is 0 Å². The fourth-order valence-electron chi connectivity index (χ4n) is 3.75. The van der Waals surface area contributed by atoms with Crippen LogP contribution in [0.1, 0.15) is 58.3 Å². The summed E-state index contributed by atoms with van der Waals surface area (Å²) in [5.74, 6) is 0.946. The zero-order valence-electron chi connectivity index (χ0n) is 11.0. The van der Waals surface area contributed by atoms with E-state index in [0.29, 0.717) is 5.54 Å². The minimum Gasteiger partial charge on any atom is -0.329 e. The molecule has 2 saturated carbocycles. The quantitative estimate of drug-likeness (QED) is 0.798. The minimum absolute atomic E-state index is 0.352. The third-order valence-corrected chi connectivity index (χ3v) is 5.20. The first-order valence-corrected chi connectivity index (χ1v) is 7.11. The molecule has 2 aliphatic carbocycles. The molecule has 0 aromatic carbocycles. The molecule has 0 aromatic rings. The fourth-order valence-corrected chi connectivity index (χ4v) is 3.75. The summed E-state index contributed by atoms with van der Waals surface area (Å²) < 4.78 is 0. The van der Waals surface area contributed by atoms with Crippen LogP contribution >= 0.6 is 0 Å². The van der Waals surface area contributed by atoms with Crippen LogP contribution in [-0.2, 0) is 0 Å². The zero-order chi connectivity index (χ0) is 11.6. The number of hydrogen-bond donors (Lipinski definition) is 1. The van der Waals surface area contributed by atoms with Crippen LogP contribution in [0, 0.1) is 5.92 Å². The lowest BCUT2D eigenvalue weighted by Crippen LogP contribution is -2.54. The Labute approximate surface area is 101 Å². The maximum Gasteiger partial charge on any atom is 0.0331 e. The molecule has 0 spiro atoms. The average molecular weight is 224 g/mol. The molecule has 94 valence electrons. The standard InChI is InChI=1S/C14H28N2/c1-12-5-7-13(8-6-12)16(2)14(11-15)9-3-4-10-14/h12-13H,3-11,15H2,1-2H3. The van der Waals surface area contributed by atoms with Crippen LogP contribution in [0.2, 0.25) is 0 Å². The van der Waals surface area contributed by atoms with Crippen LogP contribution in [0.15, 0.2) is 0 Å². The van der Waals surface area contributed by atoms with Crippen molar-refractivity contribution in [2.75, 3.05) is 13.6 Å². The summed E-state index contributed by atoms with van der Waals surface area (Å²) >= 11 is 0. The van der Waals surface area contributed by atoms with Crippen LogP contribution < -0.4 is 5.73 Å². The van der Waals surface area contributed by atoms with E-state index in [9.17, 15) is 0 Å². The van der Waals surface area contributed by atoms with E-state index in [-0.39, 0.29) is 0 Å². The van der Waals surface area contributed by atoms with E-state index in [0.717, 1.165) is 18.5 Å². The van der Waals surface area contributed by atoms with Gasteiger partial charge in [-0.3, -0.25) is 4.90 Å². The highest BCUT2D eigenvalue weighted by molar-refractivity contribution is 4.97. The third kappa shape index (κ3) is 2.28. The molecule has 0 aliphatic heterocycles. The van der Waals surface area contributed by atoms with Crippen molar-refractivity contribution in [1.82, 2.24) is 4.90 Å². The summed E-state index contributed by atoms with van der Waals surface area (Å²) in [6.45, 7) is 3.25. The zero-order valence-corrected chi connectivity index (χ0v) is 11.0. The molecule has 0 bridgehead atoms. The second-order valence-electron chi connectivity index (χ2n) is 6.16. The molecule has 0 heterocycles. The van der Waals surface area contributed by atoms with E-state index < -0.39 is 0 Å². The second kappa shape index (κ2) is 5.05. The number of nitrogens with two attached hydrogens (primary N) is 1. The monoisotopic (exact) mass is 224 g/mol. The van der Waals surface area contributed by atoms with Gasteiger partial charge in [0.25, 0.3) is 0 Å². The molecule has 2 rings (SSSR count). The Kier molecular flexibility index (Phi) is 3.91. The molecule has 2 nitrogen and oxygen atoms in total. The minimum atomic E-state index is 0.352. The molecule has 2 aliphatic rings. The van der Waals surface area contributed by atoms with Gasteiger partial charge in [0.2, 0.25) is 0 Å². The van der Waals surface area contributed by atoms with Gasteiger partial charge in [-0.15, -0.1) is 0 Å². The van der Waals surface area contributed by atoms with Gasteiger partial charge in [0.15, 0.2) is 0 Å². The summed E-state index contributed by atoms with van der Waals surface area (Å²) in [6, 6.07) is 0.804. The van der Waals surface area contributed by atoms with Crippen molar-refractivity contribution in [2.24, 2.45) is 11.7 Å².